The lowest BCUT2D eigenvalue weighted by atomic mass is 10.3. The summed E-state index contributed by atoms with van der Waals surface area (Å²) in [5.41, 5.74) is 0.0566. The van der Waals surface area contributed by atoms with Crippen molar-refractivity contribution in [2.24, 2.45) is 0 Å². The Bertz CT molecular complexity index is 844. The first-order valence-electron chi connectivity index (χ1n) is 6.16. The number of hydrogen-bond donors (Lipinski definition) is 0. The summed E-state index contributed by atoms with van der Waals surface area (Å²) in [7, 11) is -4.37. The van der Waals surface area contributed by atoms with Gasteiger partial charge in [-0.2, -0.15) is 0 Å². The van der Waals surface area contributed by atoms with E-state index in [2.05, 4.69) is 9.69 Å². The van der Waals surface area contributed by atoms with Gasteiger partial charge in [0.2, 0.25) is 10.0 Å². The molecule has 1 aromatic rings. The van der Waals surface area contributed by atoms with Gasteiger partial charge in [-0.3, -0.25) is 9.69 Å². The zero-order chi connectivity index (χ0) is 17.0. The third kappa shape index (κ3) is 4.28. The van der Waals surface area contributed by atoms with Crippen LogP contribution in [0, 0.1) is 13.1 Å². The van der Waals surface area contributed by atoms with E-state index >= 15 is 0 Å². The molecule has 7 nitrogen and oxygen atoms in total. The minimum Gasteiger partial charge on any atom is -0.250 e. The fourth-order valence-electron chi connectivity index (χ4n) is 1.61. The fraction of sp³-hybridized carbons (Fsp3) is 0.385. The molecule has 118 valence electrons. The summed E-state index contributed by atoms with van der Waals surface area (Å²) in [6.45, 7) is 13.9. The van der Waals surface area contributed by atoms with Crippen LogP contribution < -0.4 is 0 Å². The van der Waals surface area contributed by atoms with Crippen LogP contribution in [-0.4, -0.2) is 46.7 Å². The summed E-state index contributed by atoms with van der Waals surface area (Å²) in [5, 5.41) is 0. The molecule has 0 N–H and O–H groups in total. The summed E-state index contributed by atoms with van der Waals surface area (Å²) < 4.78 is 48.6. The van der Waals surface area contributed by atoms with Crippen molar-refractivity contribution in [2.75, 3.05) is 25.6 Å². The maximum Gasteiger partial charge on any atom is 0.213 e. The zero-order valence-electron chi connectivity index (χ0n) is 12.1. The molecule has 0 aliphatic heterocycles. The Kier molecular flexibility index (Phi) is 5.66. The van der Waals surface area contributed by atoms with Gasteiger partial charge in [-0.15, -0.1) is 0 Å². The Labute approximate surface area is 130 Å². The smallest absolute Gasteiger partial charge is 0.213 e. The van der Waals surface area contributed by atoms with E-state index in [0.717, 1.165) is 10.4 Å². The monoisotopic (exact) mass is 341 g/mol. The lowest BCUT2D eigenvalue weighted by Crippen LogP contribution is -2.26. The molecule has 0 bridgehead atoms. The number of rotatable bonds is 6. The number of benzene rings is 1. The first kappa shape index (κ1) is 18.1. The van der Waals surface area contributed by atoms with Gasteiger partial charge in [0.05, 0.1) is 29.5 Å². The minimum atomic E-state index is -3.70. The lowest BCUT2D eigenvalue weighted by Gasteiger charge is -2.11. The Hall–Kier alpha value is -1.94. The number of sulfonamides is 1. The molecule has 0 saturated carbocycles. The summed E-state index contributed by atoms with van der Waals surface area (Å²) in [4.78, 5) is 6.19. The summed E-state index contributed by atoms with van der Waals surface area (Å²) in [5.74, 6) is -0.607. The molecule has 0 heterocycles. The molecule has 0 amide bonds. The van der Waals surface area contributed by atoms with Crippen LogP contribution in [0.5, 0.6) is 0 Å². The average molecular weight is 341 g/mol. The Morgan fingerprint density at radius 1 is 1.00 bits per heavy atom. The second-order valence-electron chi connectivity index (χ2n) is 4.64. The van der Waals surface area contributed by atoms with Gasteiger partial charge < -0.3 is 0 Å². The number of hydrogen-bond acceptors (Lipinski definition) is 4. The lowest BCUT2D eigenvalue weighted by molar-refractivity contribution is 0.519. The van der Waals surface area contributed by atoms with Gasteiger partial charge in [0, 0.05) is 14.1 Å². The number of nitrogens with zero attached hydrogens (tertiary/aromatic N) is 3. The molecule has 0 atom stereocenters. The highest BCUT2D eigenvalue weighted by Gasteiger charge is 2.19. The van der Waals surface area contributed by atoms with E-state index in [4.69, 9.17) is 13.1 Å². The molecule has 0 unspecified atom stereocenters. The van der Waals surface area contributed by atoms with Crippen molar-refractivity contribution in [3.63, 3.8) is 0 Å². The molecule has 0 spiro atoms. The molecule has 0 saturated heterocycles. The number of sulfone groups is 1. The Morgan fingerprint density at radius 2 is 1.59 bits per heavy atom. The third-order valence-electron chi connectivity index (χ3n) is 2.92. The molecule has 0 aromatic heterocycles. The standard InChI is InChI=1S/C13H15N3O4S2/c1-14-12-7-6-11(10-13(12)15-2)21(17,18)8-5-9-22(19,20)16(3)4/h6-7,10H,5,8-9H2,3-4H3. The van der Waals surface area contributed by atoms with Crippen molar-refractivity contribution in [3.8, 4) is 0 Å². The van der Waals surface area contributed by atoms with Crippen LogP contribution in [0.25, 0.3) is 9.69 Å². The van der Waals surface area contributed by atoms with E-state index in [1.807, 2.05) is 0 Å². The molecule has 0 fully saturated rings. The van der Waals surface area contributed by atoms with Crippen LogP contribution in [0.1, 0.15) is 6.42 Å². The van der Waals surface area contributed by atoms with Gasteiger partial charge in [-0.05, 0) is 12.5 Å². The van der Waals surface area contributed by atoms with E-state index in [-0.39, 0.29) is 34.2 Å². The highest BCUT2D eigenvalue weighted by atomic mass is 32.2. The van der Waals surface area contributed by atoms with Crippen molar-refractivity contribution in [2.45, 2.75) is 11.3 Å². The van der Waals surface area contributed by atoms with Crippen molar-refractivity contribution in [1.29, 1.82) is 0 Å². The fourth-order valence-corrected chi connectivity index (χ4v) is 4.00. The van der Waals surface area contributed by atoms with Crippen molar-refractivity contribution in [3.05, 3.63) is 41.0 Å². The van der Waals surface area contributed by atoms with Crippen LogP contribution in [0.15, 0.2) is 23.1 Å². The average Bonchev–Trinajstić information content (AvgIpc) is 2.45. The highest BCUT2D eigenvalue weighted by Crippen LogP contribution is 2.31. The largest absolute Gasteiger partial charge is 0.250 e. The molecular formula is C13H15N3O4S2. The molecule has 0 aliphatic carbocycles. The zero-order valence-corrected chi connectivity index (χ0v) is 13.8. The van der Waals surface area contributed by atoms with Crippen molar-refractivity contribution in [1.82, 2.24) is 4.31 Å². The first-order valence-corrected chi connectivity index (χ1v) is 9.42. The van der Waals surface area contributed by atoms with Crippen LogP contribution >= 0.6 is 0 Å². The van der Waals surface area contributed by atoms with E-state index in [0.29, 0.717) is 0 Å². The third-order valence-corrected chi connectivity index (χ3v) is 6.63. The van der Waals surface area contributed by atoms with Gasteiger partial charge in [-0.25, -0.2) is 21.1 Å². The second-order valence-corrected chi connectivity index (χ2v) is 9.06. The van der Waals surface area contributed by atoms with Gasteiger partial charge in [0.15, 0.2) is 21.2 Å². The Morgan fingerprint density at radius 3 is 2.09 bits per heavy atom. The van der Waals surface area contributed by atoms with E-state index in [1.54, 1.807) is 0 Å². The maximum atomic E-state index is 12.2. The van der Waals surface area contributed by atoms with Gasteiger partial charge in [-0.1, -0.05) is 12.1 Å². The molecule has 9 heteroatoms. The minimum absolute atomic E-state index is 0.0306. The van der Waals surface area contributed by atoms with Gasteiger partial charge >= 0.3 is 0 Å². The summed E-state index contributed by atoms with van der Waals surface area (Å²) >= 11 is 0. The van der Waals surface area contributed by atoms with E-state index in [1.165, 1.54) is 26.2 Å². The summed E-state index contributed by atoms with van der Waals surface area (Å²) in [6, 6.07) is 3.69. The van der Waals surface area contributed by atoms with Crippen LogP contribution in [0.4, 0.5) is 11.4 Å². The topological polar surface area (TPSA) is 80.2 Å². The van der Waals surface area contributed by atoms with Crippen LogP contribution in [0.2, 0.25) is 0 Å². The first-order chi connectivity index (χ1) is 10.1. The van der Waals surface area contributed by atoms with Crippen LogP contribution in [0.3, 0.4) is 0 Å². The molecule has 22 heavy (non-hydrogen) atoms. The van der Waals surface area contributed by atoms with Gasteiger partial charge in [0.1, 0.15) is 0 Å². The predicted octanol–water partition coefficient (Wildman–Crippen LogP) is 1.84. The normalized spacial score (nSPS) is 11.9. The van der Waals surface area contributed by atoms with E-state index < -0.39 is 19.9 Å². The molecule has 0 radical (unpaired) electrons. The second kappa shape index (κ2) is 6.88. The highest BCUT2D eigenvalue weighted by molar-refractivity contribution is 7.91. The van der Waals surface area contributed by atoms with Crippen LogP contribution in [-0.2, 0) is 19.9 Å². The van der Waals surface area contributed by atoms with E-state index in [9.17, 15) is 16.8 Å². The molecule has 1 rings (SSSR count). The molecule has 0 aliphatic rings. The molecular weight excluding hydrogens is 326 g/mol. The summed E-state index contributed by atoms with van der Waals surface area (Å²) in [6.07, 6.45) is -0.0409. The van der Waals surface area contributed by atoms with Crippen molar-refractivity contribution < 1.29 is 16.8 Å². The Balaban J connectivity index is 2.93. The van der Waals surface area contributed by atoms with Gasteiger partial charge in [0.25, 0.3) is 0 Å². The van der Waals surface area contributed by atoms with Crippen molar-refractivity contribution >= 4 is 31.2 Å². The molecule has 1 aromatic carbocycles. The SMILES string of the molecule is [C-]#[N+]c1ccc(S(=O)(=O)CCCS(=O)(=O)N(C)C)cc1[N+]#[C-]. The quantitative estimate of drug-likeness (QED) is 0.740. The predicted molar refractivity (Wildman–Crippen MR) is 83.1 cm³/mol. The maximum absolute atomic E-state index is 12.2.